The predicted molar refractivity (Wildman–Crippen MR) is 246 cm³/mol. The first-order chi connectivity index (χ1) is 29.5. The zero-order chi connectivity index (χ0) is 44.8. The number of allylic oxidation sites excluding steroid dienone is 1. The molecule has 6 N–H and O–H groups in total. The Morgan fingerprint density at radius 2 is 1.03 bits per heavy atom. The lowest BCUT2D eigenvalue weighted by molar-refractivity contribution is -0.298. The maximum atomic E-state index is 13.1. The van der Waals surface area contributed by atoms with Crippen molar-refractivity contribution in [1.29, 1.82) is 0 Å². The van der Waals surface area contributed by atoms with E-state index in [1.165, 1.54) is 167 Å². The summed E-state index contributed by atoms with van der Waals surface area (Å²) in [6, 6.07) is -0.938. The average Bonchev–Trinajstić information content (AvgIpc) is 3.23. The molecule has 0 bridgehead atoms. The zero-order valence-electron chi connectivity index (χ0n) is 38.7. The van der Waals surface area contributed by atoms with Crippen molar-refractivity contribution in [3.63, 3.8) is 0 Å². The Kier molecular flexibility index (Phi) is 37.2. The van der Waals surface area contributed by atoms with Crippen LogP contribution in [-0.4, -0.2) is 95.4 Å². The van der Waals surface area contributed by atoms with Gasteiger partial charge in [0.25, 0.3) is 0 Å². The number of hydrogen-bond acceptors (Lipinski definition) is 10. The Bertz CT molecular complexity index is 1140. The van der Waals surface area contributed by atoms with Crippen LogP contribution in [-0.2, 0) is 28.9 Å². The van der Waals surface area contributed by atoms with Crippen molar-refractivity contribution in [1.82, 2.24) is 5.32 Å². The summed E-state index contributed by atoms with van der Waals surface area (Å²) in [7, 11) is -5.08. The molecule has 0 spiro atoms. The van der Waals surface area contributed by atoms with Gasteiger partial charge in [-0.2, -0.15) is 8.42 Å². The van der Waals surface area contributed by atoms with Crippen LogP contribution in [0.3, 0.4) is 0 Å². The third-order valence-corrected chi connectivity index (χ3v) is 12.5. The molecular formula is C48H93NO11S. The summed E-state index contributed by atoms with van der Waals surface area (Å²) in [5, 5.41) is 44.7. The predicted octanol–water partition coefficient (Wildman–Crippen LogP) is 10.3. The van der Waals surface area contributed by atoms with Gasteiger partial charge in [0.15, 0.2) is 6.29 Å². The lowest BCUT2D eigenvalue weighted by Crippen LogP contribution is -2.61. The maximum Gasteiger partial charge on any atom is 0.397 e. The SMILES string of the molecule is CCCCCCCCCCCCC/C=C/[C@@H](O)C(CO[C@@H]1O[C@H](CO)[C@H](O)[C@H](OS(=O)(=O)O)[C@H]1O)NC(=O)CCCCCCCCCCCCCCCCCCCCCCC. The fourth-order valence-corrected chi connectivity index (χ4v) is 8.67. The van der Waals surface area contributed by atoms with E-state index in [-0.39, 0.29) is 18.9 Å². The van der Waals surface area contributed by atoms with Crippen LogP contribution in [0.15, 0.2) is 12.2 Å². The van der Waals surface area contributed by atoms with Crippen LogP contribution >= 0.6 is 0 Å². The van der Waals surface area contributed by atoms with E-state index < -0.39 is 59.9 Å². The number of nitrogens with one attached hydrogen (secondary N) is 1. The Hall–Kier alpha value is -1.16. The third-order valence-electron chi connectivity index (χ3n) is 12.1. The minimum Gasteiger partial charge on any atom is -0.394 e. The van der Waals surface area contributed by atoms with Gasteiger partial charge in [-0.25, -0.2) is 4.18 Å². The molecule has 7 atom stereocenters. The van der Waals surface area contributed by atoms with Crippen molar-refractivity contribution in [3.8, 4) is 0 Å². The number of carbonyl (C=O) groups is 1. The zero-order valence-corrected chi connectivity index (χ0v) is 39.6. The molecule has 0 saturated carbocycles. The monoisotopic (exact) mass is 892 g/mol. The van der Waals surface area contributed by atoms with Gasteiger partial charge >= 0.3 is 10.4 Å². The summed E-state index contributed by atoms with van der Waals surface area (Å²) in [5.74, 6) is -0.259. The third kappa shape index (κ3) is 32.2. The molecule has 1 saturated heterocycles. The van der Waals surface area contributed by atoms with E-state index in [0.717, 1.165) is 38.5 Å². The highest BCUT2D eigenvalue weighted by Gasteiger charge is 2.48. The van der Waals surface area contributed by atoms with Crippen LogP contribution in [0.1, 0.15) is 232 Å². The smallest absolute Gasteiger partial charge is 0.394 e. The van der Waals surface area contributed by atoms with Gasteiger partial charge in [0.2, 0.25) is 5.91 Å². The molecule has 1 rings (SSSR count). The quantitative estimate of drug-likeness (QED) is 0.0194. The fraction of sp³-hybridized carbons (Fsp3) is 0.938. The van der Waals surface area contributed by atoms with Gasteiger partial charge in [-0.3, -0.25) is 9.35 Å². The van der Waals surface area contributed by atoms with Crippen molar-refractivity contribution in [2.45, 2.75) is 275 Å². The number of hydrogen-bond donors (Lipinski definition) is 6. The van der Waals surface area contributed by atoms with E-state index in [2.05, 4.69) is 23.3 Å². The van der Waals surface area contributed by atoms with E-state index in [0.29, 0.717) is 6.42 Å². The standard InChI is InChI=1S/C48H93NO11S/c1-3-5-7-9-11-13-15-17-18-19-20-21-22-23-24-26-28-30-32-34-36-38-44(52)49-41(42(51)37-35-33-31-29-27-25-16-14-12-10-8-6-4-2)40-58-48-46(54)47(60-61(55,56)57)45(53)43(39-50)59-48/h35,37,41-43,45-48,50-51,53-54H,3-34,36,38-40H2,1-2H3,(H,49,52)(H,55,56,57)/b37-35+/t41?,42-,43-,45+,46-,47+,48-/m1/s1. The molecule has 0 radical (unpaired) electrons. The molecule has 0 aromatic rings. The molecule has 0 aromatic carbocycles. The van der Waals surface area contributed by atoms with Crippen molar-refractivity contribution < 1.29 is 51.8 Å². The highest BCUT2D eigenvalue weighted by molar-refractivity contribution is 7.80. The summed E-state index contributed by atoms with van der Waals surface area (Å²) in [6.07, 6.45) is 35.4. The van der Waals surface area contributed by atoms with Gasteiger partial charge in [-0.1, -0.05) is 219 Å². The Morgan fingerprint density at radius 1 is 0.639 bits per heavy atom. The molecule has 0 aliphatic carbocycles. The number of unbranched alkanes of at least 4 members (excludes halogenated alkanes) is 31. The van der Waals surface area contributed by atoms with Crippen molar-refractivity contribution in [2.75, 3.05) is 13.2 Å². The van der Waals surface area contributed by atoms with Crippen LogP contribution in [0.4, 0.5) is 0 Å². The lowest BCUT2D eigenvalue weighted by atomic mass is 9.99. The van der Waals surface area contributed by atoms with Gasteiger partial charge in [0.05, 0.1) is 25.4 Å². The van der Waals surface area contributed by atoms with Crippen LogP contribution in [0.5, 0.6) is 0 Å². The van der Waals surface area contributed by atoms with Crippen molar-refractivity contribution in [3.05, 3.63) is 12.2 Å². The largest absolute Gasteiger partial charge is 0.397 e. The minimum absolute atomic E-state index is 0.259. The molecule has 1 amide bonds. The van der Waals surface area contributed by atoms with Crippen LogP contribution in [0, 0.1) is 0 Å². The summed E-state index contributed by atoms with van der Waals surface area (Å²) < 4.78 is 47.6. The normalized spacial score (nSPS) is 20.7. The second kappa shape index (κ2) is 39.2. The number of aliphatic hydroxyl groups excluding tert-OH is 4. The first-order valence-electron chi connectivity index (χ1n) is 25.1. The summed E-state index contributed by atoms with van der Waals surface area (Å²) in [6.45, 7) is 3.40. The molecule has 13 heteroatoms. The number of amides is 1. The molecular weight excluding hydrogens is 799 g/mol. The highest BCUT2D eigenvalue weighted by Crippen LogP contribution is 2.26. The highest BCUT2D eigenvalue weighted by atomic mass is 32.3. The number of ether oxygens (including phenoxy) is 2. The van der Waals surface area contributed by atoms with E-state index in [1.807, 2.05) is 6.08 Å². The van der Waals surface area contributed by atoms with Crippen LogP contribution in [0.2, 0.25) is 0 Å². The Labute approximate surface area is 372 Å². The number of aliphatic hydroxyl groups is 4. The van der Waals surface area contributed by atoms with Crippen molar-refractivity contribution in [2.24, 2.45) is 0 Å². The second-order valence-electron chi connectivity index (χ2n) is 17.8. The number of carbonyl (C=O) groups excluding carboxylic acids is 1. The first-order valence-corrected chi connectivity index (χ1v) is 26.4. The van der Waals surface area contributed by atoms with Crippen molar-refractivity contribution >= 4 is 16.3 Å². The first kappa shape index (κ1) is 57.9. The van der Waals surface area contributed by atoms with Crippen LogP contribution < -0.4 is 5.32 Å². The van der Waals surface area contributed by atoms with E-state index in [9.17, 15) is 38.2 Å². The fourth-order valence-electron chi connectivity index (χ4n) is 8.16. The molecule has 1 unspecified atom stereocenters. The van der Waals surface area contributed by atoms with Crippen LogP contribution in [0.25, 0.3) is 0 Å². The summed E-state index contributed by atoms with van der Waals surface area (Å²) in [4.78, 5) is 13.1. The minimum atomic E-state index is -5.08. The van der Waals surface area contributed by atoms with E-state index in [1.54, 1.807) is 6.08 Å². The maximum absolute atomic E-state index is 13.1. The molecule has 12 nitrogen and oxygen atoms in total. The van der Waals surface area contributed by atoms with Gasteiger partial charge in [0, 0.05) is 6.42 Å². The number of rotatable bonds is 43. The molecule has 362 valence electrons. The van der Waals surface area contributed by atoms with Gasteiger partial charge in [0.1, 0.15) is 24.4 Å². The van der Waals surface area contributed by atoms with E-state index >= 15 is 0 Å². The Balaban J connectivity index is 2.42. The van der Waals surface area contributed by atoms with E-state index in [4.69, 9.17) is 9.47 Å². The molecule has 1 heterocycles. The van der Waals surface area contributed by atoms with Gasteiger partial charge < -0.3 is 35.2 Å². The van der Waals surface area contributed by atoms with Gasteiger partial charge in [-0.15, -0.1) is 0 Å². The van der Waals surface area contributed by atoms with Gasteiger partial charge in [-0.05, 0) is 19.3 Å². The summed E-state index contributed by atoms with van der Waals surface area (Å²) in [5.41, 5.74) is 0. The molecule has 1 aliphatic heterocycles. The average molecular weight is 892 g/mol. The molecule has 1 fully saturated rings. The molecule has 0 aromatic heterocycles. The topological polar surface area (TPSA) is 192 Å². The molecule has 61 heavy (non-hydrogen) atoms. The summed E-state index contributed by atoms with van der Waals surface area (Å²) >= 11 is 0. The molecule has 1 aliphatic rings. The lowest BCUT2D eigenvalue weighted by Gasteiger charge is -2.41. The second-order valence-corrected chi connectivity index (χ2v) is 18.8. The Morgan fingerprint density at radius 3 is 1.43 bits per heavy atom.